The largest absolute Gasteiger partial charge is 0.310 e. The maximum atomic E-state index is 3.59. The van der Waals surface area contributed by atoms with E-state index in [4.69, 9.17) is 0 Å². The second-order valence-electron chi connectivity index (χ2n) is 5.93. The van der Waals surface area contributed by atoms with Gasteiger partial charge in [0, 0.05) is 12.6 Å². The first-order chi connectivity index (χ1) is 8.15. The van der Waals surface area contributed by atoms with Crippen molar-refractivity contribution in [3.63, 3.8) is 0 Å². The molecule has 1 atom stereocenters. The molecule has 0 saturated heterocycles. The third-order valence-electron chi connectivity index (χ3n) is 3.51. The summed E-state index contributed by atoms with van der Waals surface area (Å²) < 4.78 is 0. The molecule has 0 aromatic heterocycles. The van der Waals surface area contributed by atoms with Gasteiger partial charge < -0.3 is 5.32 Å². The summed E-state index contributed by atoms with van der Waals surface area (Å²) in [5.74, 6) is 1.65. The predicted molar refractivity (Wildman–Crippen MR) is 74.2 cm³/mol. The van der Waals surface area contributed by atoms with Crippen LogP contribution in [-0.2, 0) is 6.54 Å². The van der Waals surface area contributed by atoms with Crippen LogP contribution in [0.2, 0.25) is 0 Å². The summed E-state index contributed by atoms with van der Waals surface area (Å²) in [6.45, 7) is 7.84. The molecule has 0 aliphatic heterocycles. The van der Waals surface area contributed by atoms with E-state index in [2.05, 4.69) is 50.4 Å². The topological polar surface area (TPSA) is 12.0 Å². The van der Waals surface area contributed by atoms with Gasteiger partial charge in [-0.05, 0) is 49.1 Å². The summed E-state index contributed by atoms with van der Waals surface area (Å²) in [5.41, 5.74) is 2.94. The first-order valence-corrected chi connectivity index (χ1v) is 6.97. The van der Waals surface area contributed by atoms with Crippen LogP contribution >= 0.6 is 0 Å². The molecular weight excluding hydrogens is 206 g/mol. The van der Waals surface area contributed by atoms with E-state index >= 15 is 0 Å². The molecule has 1 nitrogen and oxygen atoms in total. The van der Waals surface area contributed by atoms with Gasteiger partial charge in [0.25, 0.3) is 0 Å². The standard InChI is InChI=1S/C16H25N/c1-12(2)10-13(3)17-11-14-4-6-15(7-5-14)16-8-9-16/h4-7,12-13,16-17H,8-11H2,1-3H3. The van der Waals surface area contributed by atoms with Crippen LogP contribution in [-0.4, -0.2) is 6.04 Å². The third kappa shape index (κ3) is 4.16. The number of benzene rings is 1. The molecule has 1 unspecified atom stereocenters. The zero-order valence-electron chi connectivity index (χ0n) is 11.4. The monoisotopic (exact) mass is 231 g/mol. The second-order valence-corrected chi connectivity index (χ2v) is 5.93. The Morgan fingerprint density at radius 2 is 1.76 bits per heavy atom. The average Bonchev–Trinajstić information content (AvgIpc) is 3.10. The van der Waals surface area contributed by atoms with E-state index in [0.29, 0.717) is 6.04 Å². The molecule has 1 aliphatic carbocycles. The Balaban J connectivity index is 1.78. The molecule has 94 valence electrons. The van der Waals surface area contributed by atoms with E-state index in [1.54, 1.807) is 0 Å². The fourth-order valence-corrected chi connectivity index (χ4v) is 2.41. The van der Waals surface area contributed by atoms with E-state index < -0.39 is 0 Å². The van der Waals surface area contributed by atoms with E-state index in [1.807, 2.05) is 0 Å². The summed E-state index contributed by atoms with van der Waals surface area (Å²) in [5, 5.41) is 3.59. The summed E-state index contributed by atoms with van der Waals surface area (Å²) >= 11 is 0. The fourth-order valence-electron chi connectivity index (χ4n) is 2.41. The highest BCUT2D eigenvalue weighted by atomic mass is 14.9. The van der Waals surface area contributed by atoms with Crippen molar-refractivity contribution in [2.75, 3.05) is 0 Å². The molecule has 0 heterocycles. The highest BCUT2D eigenvalue weighted by Gasteiger charge is 2.22. The van der Waals surface area contributed by atoms with Gasteiger partial charge in [-0.2, -0.15) is 0 Å². The van der Waals surface area contributed by atoms with Crippen molar-refractivity contribution in [2.24, 2.45) is 5.92 Å². The third-order valence-corrected chi connectivity index (χ3v) is 3.51. The van der Waals surface area contributed by atoms with Crippen LogP contribution in [0.25, 0.3) is 0 Å². The van der Waals surface area contributed by atoms with Crippen molar-refractivity contribution in [1.82, 2.24) is 5.32 Å². The molecule has 0 amide bonds. The quantitative estimate of drug-likeness (QED) is 0.777. The summed E-state index contributed by atoms with van der Waals surface area (Å²) in [7, 11) is 0. The van der Waals surface area contributed by atoms with Crippen LogP contribution in [0.5, 0.6) is 0 Å². The Labute approximate surface area is 106 Å². The van der Waals surface area contributed by atoms with Crippen LogP contribution in [0, 0.1) is 5.92 Å². The van der Waals surface area contributed by atoms with Gasteiger partial charge in [-0.15, -0.1) is 0 Å². The number of hydrogen-bond donors (Lipinski definition) is 1. The average molecular weight is 231 g/mol. The molecule has 0 spiro atoms. The van der Waals surface area contributed by atoms with Gasteiger partial charge in [-0.3, -0.25) is 0 Å². The van der Waals surface area contributed by atoms with E-state index in [0.717, 1.165) is 18.4 Å². The highest BCUT2D eigenvalue weighted by Crippen LogP contribution is 2.39. The van der Waals surface area contributed by atoms with Gasteiger partial charge in [0.1, 0.15) is 0 Å². The minimum atomic E-state index is 0.609. The maximum Gasteiger partial charge on any atom is 0.0207 e. The molecule has 17 heavy (non-hydrogen) atoms. The molecule has 1 fully saturated rings. The van der Waals surface area contributed by atoms with Gasteiger partial charge in [0.15, 0.2) is 0 Å². The fraction of sp³-hybridized carbons (Fsp3) is 0.625. The minimum Gasteiger partial charge on any atom is -0.310 e. The Bertz CT molecular complexity index is 335. The maximum absolute atomic E-state index is 3.59. The molecule has 1 heteroatoms. The van der Waals surface area contributed by atoms with Crippen LogP contribution in [0.1, 0.15) is 57.1 Å². The lowest BCUT2D eigenvalue weighted by Crippen LogP contribution is -2.26. The summed E-state index contributed by atoms with van der Waals surface area (Å²) in [4.78, 5) is 0. The van der Waals surface area contributed by atoms with Crippen molar-refractivity contribution < 1.29 is 0 Å². The summed E-state index contributed by atoms with van der Waals surface area (Å²) in [6, 6.07) is 9.79. The molecular formula is C16H25N. The van der Waals surface area contributed by atoms with Crippen molar-refractivity contribution in [3.8, 4) is 0 Å². The Morgan fingerprint density at radius 3 is 2.29 bits per heavy atom. The van der Waals surface area contributed by atoms with Gasteiger partial charge >= 0.3 is 0 Å². The molecule has 1 aromatic carbocycles. The zero-order chi connectivity index (χ0) is 12.3. The molecule has 0 bridgehead atoms. The van der Waals surface area contributed by atoms with Crippen molar-refractivity contribution in [2.45, 2.75) is 58.5 Å². The Hall–Kier alpha value is -0.820. The lowest BCUT2D eigenvalue weighted by Gasteiger charge is -2.16. The molecule has 1 aliphatic rings. The molecule has 0 radical (unpaired) electrons. The smallest absolute Gasteiger partial charge is 0.0207 e. The van der Waals surface area contributed by atoms with Gasteiger partial charge in [0.2, 0.25) is 0 Å². The number of hydrogen-bond acceptors (Lipinski definition) is 1. The Kier molecular flexibility index (Phi) is 4.22. The Morgan fingerprint density at radius 1 is 1.12 bits per heavy atom. The molecule has 1 N–H and O–H groups in total. The first-order valence-electron chi connectivity index (χ1n) is 6.97. The lowest BCUT2D eigenvalue weighted by atomic mass is 10.0. The number of nitrogens with one attached hydrogen (secondary N) is 1. The SMILES string of the molecule is CC(C)CC(C)NCc1ccc(C2CC2)cc1. The molecule has 2 rings (SSSR count). The summed E-state index contributed by atoms with van der Waals surface area (Å²) in [6.07, 6.45) is 4.03. The van der Waals surface area contributed by atoms with E-state index in [-0.39, 0.29) is 0 Å². The van der Waals surface area contributed by atoms with Crippen LogP contribution in [0.15, 0.2) is 24.3 Å². The van der Waals surface area contributed by atoms with Crippen molar-refractivity contribution in [3.05, 3.63) is 35.4 Å². The van der Waals surface area contributed by atoms with Gasteiger partial charge in [-0.25, -0.2) is 0 Å². The minimum absolute atomic E-state index is 0.609. The first kappa shape index (κ1) is 12.6. The van der Waals surface area contributed by atoms with E-state index in [1.165, 1.54) is 30.4 Å². The second kappa shape index (κ2) is 5.68. The van der Waals surface area contributed by atoms with E-state index in [9.17, 15) is 0 Å². The van der Waals surface area contributed by atoms with Gasteiger partial charge in [-0.1, -0.05) is 38.1 Å². The van der Waals surface area contributed by atoms with Gasteiger partial charge in [0.05, 0.1) is 0 Å². The lowest BCUT2D eigenvalue weighted by molar-refractivity contribution is 0.441. The van der Waals surface area contributed by atoms with Crippen LogP contribution in [0.3, 0.4) is 0 Å². The van der Waals surface area contributed by atoms with Crippen molar-refractivity contribution >= 4 is 0 Å². The van der Waals surface area contributed by atoms with Crippen LogP contribution < -0.4 is 5.32 Å². The zero-order valence-corrected chi connectivity index (χ0v) is 11.4. The predicted octanol–water partition coefficient (Wildman–Crippen LogP) is 4.09. The highest BCUT2D eigenvalue weighted by molar-refractivity contribution is 5.27. The molecule has 1 aromatic rings. The molecule has 1 saturated carbocycles. The number of rotatable bonds is 6. The van der Waals surface area contributed by atoms with Crippen LogP contribution in [0.4, 0.5) is 0 Å². The normalized spacial score (nSPS) is 17.4. The van der Waals surface area contributed by atoms with Crippen molar-refractivity contribution in [1.29, 1.82) is 0 Å².